The third-order valence-corrected chi connectivity index (χ3v) is 3.50. The second kappa shape index (κ2) is 3.75. The van der Waals surface area contributed by atoms with Crippen LogP contribution in [-0.2, 0) is 5.75 Å². The van der Waals surface area contributed by atoms with Gasteiger partial charge in [0.05, 0.1) is 0 Å². The van der Waals surface area contributed by atoms with E-state index in [1.807, 2.05) is 18.7 Å². The Bertz CT molecular complexity index is 250. The summed E-state index contributed by atoms with van der Waals surface area (Å²) in [5, 5.41) is 10.2. The Labute approximate surface area is 81.8 Å². The van der Waals surface area contributed by atoms with E-state index in [1.54, 1.807) is 11.3 Å². The molecule has 0 saturated heterocycles. The standard InChI is InChI=1S/C8H14N2S2/c1-6-9-10-7(12-6)5-11-8(2,3)4/h5H2,1-4H3. The second-order valence-electron chi connectivity index (χ2n) is 3.62. The summed E-state index contributed by atoms with van der Waals surface area (Å²) in [5.41, 5.74) is 0. The fraction of sp³-hybridized carbons (Fsp3) is 0.750. The highest BCUT2D eigenvalue weighted by molar-refractivity contribution is 7.99. The van der Waals surface area contributed by atoms with Crippen LogP contribution in [0, 0.1) is 6.92 Å². The van der Waals surface area contributed by atoms with Crippen molar-refractivity contribution < 1.29 is 0 Å². The molecule has 0 spiro atoms. The third-order valence-electron chi connectivity index (χ3n) is 1.20. The van der Waals surface area contributed by atoms with E-state index in [9.17, 15) is 0 Å². The Kier molecular flexibility index (Phi) is 3.12. The summed E-state index contributed by atoms with van der Waals surface area (Å²) < 4.78 is 0.319. The van der Waals surface area contributed by atoms with Gasteiger partial charge in [0.1, 0.15) is 10.0 Å². The van der Waals surface area contributed by atoms with Crippen LogP contribution in [-0.4, -0.2) is 14.9 Å². The Morgan fingerprint density at radius 1 is 1.33 bits per heavy atom. The van der Waals surface area contributed by atoms with E-state index < -0.39 is 0 Å². The van der Waals surface area contributed by atoms with Crippen molar-refractivity contribution in [3.8, 4) is 0 Å². The quantitative estimate of drug-likeness (QED) is 0.737. The summed E-state index contributed by atoms with van der Waals surface area (Å²) in [6, 6.07) is 0. The lowest BCUT2D eigenvalue weighted by Gasteiger charge is -2.15. The van der Waals surface area contributed by atoms with Crippen molar-refractivity contribution >= 4 is 23.1 Å². The number of nitrogens with zero attached hydrogens (tertiary/aromatic N) is 2. The molecule has 0 amide bonds. The lowest BCUT2D eigenvalue weighted by molar-refractivity contribution is 0.801. The molecule has 0 aromatic carbocycles. The summed E-state index contributed by atoms with van der Waals surface area (Å²) in [6.07, 6.45) is 0. The van der Waals surface area contributed by atoms with Crippen LogP contribution < -0.4 is 0 Å². The summed E-state index contributed by atoms with van der Waals surface area (Å²) in [7, 11) is 0. The maximum Gasteiger partial charge on any atom is 0.127 e. The molecule has 68 valence electrons. The van der Waals surface area contributed by atoms with Gasteiger partial charge in [-0.1, -0.05) is 20.8 Å². The first-order valence-electron chi connectivity index (χ1n) is 3.90. The van der Waals surface area contributed by atoms with E-state index in [4.69, 9.17) is 0 Å². The maximum absolute atomic E-state index is 4.07. The predicted molar refractivity (Wildman–Crippen MR) is 55.7 cm³/mol. The first-order valence-corrected chi connectivity index (χ1v) is 5.70. The van der Waals surface area contributed by atoms with Gasteiger partial charge in [-0.15, -0.1) is 33.3 Å². The van der Waals surface area contributed by atoms with Crippen LogP contribution in [0.25, 0.3) is 0 Å². The molecule has 2 nitrogen and oxygen atoms in total. The molecule has 0 aliphatic carbocycles. The molecular formula is C8H14N2S2. The minimum Gasteiger partial charge on any atom is -0.149 e. The van der Waals surface area contributed by atoms with Gasteiger partial charge in [-0.05, 0) is 6.92 Å². The highest BCUT2D eigenvalue weighted by Gasteiger charge is 2.11. The number of hydrogen-bond donors (Lipinski definition) is 0. The van der Waals surface area contributed by atoms with Gasteiger partial charge in [0, 0.05) is 10.5 Å². The van der Waals surface area contributed by atoms with Crippen molar-refractivity contribution in [3.63, 3.8) is 0 Å². The van der Waals surface area contributed by atoms with Crippen molar-refractivity contribution in [1.29, 1.82) is 0 Å². The topological polar surface area (TPSA) is 25.8 Å². The fourth-order valence-electron chi connectivity index (χ4n) is 0.674. The average Bonchev–Trinajstić information content (AvgIpc) is 2.30. The summed E-state index contributed by atoms with van der Waals surface area (Å²) >= 11 is 3.59. The number of aryl methyl sites for hydroxylation is 1. The molecule has 0 bridgehead atoms. The van der Waals surface area contributed by atoms with Crippen molar-refractivity contribution in [1.82, 2.24) is 10.2 Å². The average molecular weight is 202 g/mol. The molecule has 1 heterocycles. The Hall–Kier alpha value is -0.0900. The van der Waals surface area contributed by atoms with Crippen LogP contribution in [0.4, 0.5) is 0 Å². The molecule has 0 saturated carbocycles. The lowest BCUT2D eigenvalue weighted by Crippen LogP contribution is -2.07. The largest absolute Gasteiger partial charge is 0.149 e. The van der Waals surface area contributed by atoms with E-state index in [1.165, 1.54) is 0 Å². The van der Waals surface area contributed by atoms with Crippen LogP contribution in [0.1, 0.15) is 30.8 Å². The molecule has 0 N–H and O–H groups in total. The van der Waals surface area contributed by atoms with Crippen LogP contribution in [0.3, 0.4) is 0 Å². The summed E-state index contributed by atoms with van der Waals surface area (Å²) in [4.78, 5) is 0. The predicted octanol–water partition coefficient (Wildman–Crippen LogP) is 2.88. The minimum absolute atomic E-state index is 0.319. The zero-order valence-electron chi connectivity index (χ0n) is 7.92. The van der Waals surface area contributed by atoms with Crippen LogP contribution >= 0.6 is 23.1 Å². The Balaban J connectivity index is 2.44. The molecule has 0 atom stereocenters. The molecule has 12 heavy (non-hydrogen) atoms. The second-order valence-corrected chi connectivity index (χ2v) is 6.68. The molecule has 0 aliphatic heterocycles. The highest BCUT2D eigenvalue weighted by atomic mass is 32.2. The van der Waals surface area contributed by atoms with Crippen molar-refractivity contribution in [2.75, 3.05) is 0 Å². The van der Waals surface area contributed by atoms with Crippen LogP contribution in [0.15, 0.2) is 0 Å². The Morgan fingerprint density at radius 2 is 2.00 bits per heavy atom. The van der Waals surface area contributed by atoms with Gasteiger partial charge in [0.25, 0.3) is 0 Å². The molecular weight excluding hydrogens is 188 g/mol. The molecule has 1 aromatic rings. The third kappa shape index (κ3) is 3.54. The minimum atomic E-state index is 0.319. The number of thioether (sulfide) groups is 1. The van der Waals surface area contributed by atoms with Gasteiger partial charge < -0.3 is 0 Å². The SMILES string of the molecule is Cc1nnc(CSC(C)(C)C)s1. The normalized spacial score (nSPS) is 12.0. The van der Waals surface area contributed by atoms with E-state index >= 15 is 0 Å². The maximum atomic E-state index is 4.07. The summed E-state index contributed by atoms with van der Waals surface area (Å²) in [6.45, 7) is 8.63. The number of aromatic nitrogens is 2. The van der Waals surface area contributed by atoms with E-state index in [2.05, 4.69) is 31.0 Å². The highest BCUT2D eigenvalue weighted by Crippen LogP contribution is 2.27. The molecule has 0 aliphatic rings. The van der Waals surface area contributed by atoms with Crippen molar-refractivity contribution in [2.45, 2.75) is 38.2 Å². The summed E-state index contributed by atoms with van der Waals surface area (Å²) in [5.74, 6) is 0.981. The smallest absolute Gasteiger partial charge is 0.127 e. The molecule has 0 unspecified atom stereocenters. The Morgan fingerprint density at radius 3 is 2.42 bits per heavy atom. The zero-order valence-corrected chi connectivity index (χ0v) is 9.55. The van der Waals surface area contributed by atoms with Crippen molar-refractivity contribution in [2.24, 2.45) is 0 Å². The van der Waals surface area contributed by atoms with Crippen molar-refractivity contribution in [3.05, 3.63) is 10.0 Å². The van der Waals surface area contributed by atoms with Gasteiger partial charge in [-0.2, -0.15) is 0 Å². The van der Waals surface area contributed by atoms with Crippen LogP contribution in [0.5, 0.6) is 0 Å². The molecule has 1 rings (SSSR count). The van der Waals surface area contributed by atoms with Gasteiger partial charge in [-0.25, -0.2) is 0 Å². The van der Waals surface area contributed by atoms with Crippen LogP contribution in [0.2, 0.25) is 0 Å². The fourth-order valence-corrected chi connectivity index (χ4v) is 2.21. The van der Waals surface area contributed by atoms with E-state index in [0.717, 1.165) is 15.8 Å². The van der Waals surface area contributed by atoms with Gasteiger partial charge >= 0.3 is 0 Å². The van der Waals surface area contributed by atoms with E-state index in [-0.39, 0.29) is 0 Å². The number of rotatable bonds is 2. The molecule has 1 aromatic heterocycles. The number of hydrogen-bond acceptors (Lipinski definition) is 4. The lowest BCUT2D eigenvalue weighted by atomic mass is 10.3. The van der Waals surface area contributed by atoms with Gasteiger partial charge in [0.15, 0.2) is 0 Å². The first kappa shape index (κ1) is 9.99. The van der Waals surface area contributed by atoms with Gasteiger partial charge in [0.2, 0.25) is 0 Å². The molecule has 0 radical (unpaired) electrons. The molecule has 4 heteroatoms. The van der Waals surface area contributed by atoms with Gasteiger partial charge in [-0.3, -0.25) is 0 Å². The monoisotopic (exact) mass is 202 g/mol. The van der Waals surface area contributed by atoms with E-state index in [0.29, 0.717) is 4.75 Å². The first-order chi connectivity index (χ1) is 5.47. The molecule has 0 fully saturated rings. The zero-order chi connectivity index (χ0) is 9.19.